The summed E-state index contributed by atoms with van der Waals surface area (Å²) < 4.78 is 24.9. The zero-order chi connectivity index (χ0) is 12.2. The van der Waals surface area contributed by atoms with Gasteiger partial charge in [0.05, 0.1) is 0 Å². The predicted octanol–water partition coefficient (Wildman–Crippen LogP) is 1.08. The van der Waals surface area contributed by atoms with Gasteiger partial charge < -0.3 is 5.11 Å². The second kappa shape index (κ2) is 4.98. The van der Waals surface area contributed by atoms with Crippen LogP contribution in [0, 0.1) is 0 Å². The van der Waals surface area contributed by atoms with Crippen molar-refractivity contribution in [3.05, 3.63) is 29.8 Å². The summed E-state index contributed by atoms with van der Waals surface area (Å²) in [5.41, 5.74) is 1.37. The Morgan fingerprint density at radius 1 is 1.44 bits per heavy atom. The van der Waals surface area contributed by atoms with Crippen LogP contribution in [0.15, 0.2) is 24.3 Å². The first-order chi connectivity index (χ1) is 7.43. The van der Waals surface area contributed by atoms with Crippen LogP contribution in [-0.4, -0.2) is 25.2 Å². The average Bonchev–Trinajstić information content (AvgIpc) is 2.15. The van der Waals surface area contributed by atoms with Crippen LogP contribution >= 0.6 is 0 Å². The maximum Gasteiger partial charge on any atom is 0.320 e. The molecule has 16 heavy (non-hydrogen) atoms. The van der Waals surface area contributed by atoms with Crippen molar-refractivity contribution in [1.82, 2.24) is 0 Å². The SMILES string of the molecule is CCc1cccc(NS(=O)(=O)CC(=O)O)c1. The largest absolute Gasteiger partial charge is 0.480 e. The Morgan fingerprint density at radius 2 is 2.12 bits per heavy atom. The van der Waals surface area contributed by atoms with E-state index in [0.29, 0.717) is 5.69 Å². The smallest absolute Gasteiger partial charge is 0.320 e. The fraction of sp³-hybridized carbons (Fsp3) is 0.300. The number of hydrogen-bond acceptors (Lipinski definition) is 3. The van der Waals surface area contributed by atoms with E-state index in [4.69, 9.17) is 5.11 Å². The van der Waals surface area contributed by atoms with Crippen LogP contribution in [0.3, 0.4) is 0 Å². The Kier molecular flexibility index (Phi) is 3.89. The van der Waals surface area contributed by atoms with Crippen molar-refractivity contribution in [3.63, 3.8) is 0 Å². The molecule has 5 nitrogen and oxygen atoms in total. The van der Waals surface area contributed by atoms with Gasteiger partial charge in [-0.15, -0.1) is 0 Å². The number of carboxylic acids is 1. The molecule has 0 bridgehead atoms. The molecule has 88 valence electrons. The minimum absolute atomic E-state index is 0.389. The first kappa shape index (κ1) is 12.5. The van der Waals surface area contributed by atoms with E-state index in [1.54, 1.807) is 18.2 Å². The van der Waals surface area contributed by atoms with Crippen molar-refractivity contribution >= 4 is 21.7 Å². The number of nitrogens with one attached hydrogen (secondary N) is 1. The molecule has 0 unspecified atom stereocenters. The second-order valence-electron chi connectivity index (χ2n) is 3.31. The lowest BCUT2D eigenvalue weighted by Crippen LogP contribution is -2.22. The van der Waals surface area contributed by atoms with E-state index in [1.165, 1.54) is 0 Å². The summed E-state index contributed by atoms with van der Waals surface area (Å²) in [4.78, 5) is 10.3. The van der Waals surface area contributed by atoms with E-state index in [1.807, 2.05) is 13.0 Å². The van der Waals surface area contributed by atoms with Crippen LogP contribution in [-0.2, 0) is 21.2 Å². The third-order valence-corrected chi connectivity index (χ3v) is 3.10. The van der Waals surface area contributed by atoms with Gasteiger partial charge in [0.1, 0.15) is 0 Å². The molecule has 0 aliphatic heterocycles. The first-order valence-corrected chi connectivity index (χ1v) is 6.39. The molecule has 0 saturated carbocycles. The maximum absolute atomic E-state index is 11.3. The molecule has 0 heterocycles. The van der Waals surface area contributed by atoms with E-state index in [-0.39, 0.29) is 0 Å². The fourth-order valence-corrected chi connectivity index (χ4v) is 2.12. The average molecular weight is 243 g/mol. The molecule has 0 spiro atoms. The number of carboxylic acid groups (broad SMARTS) is 1. The Hall–Kier alpha value is -1.56. The summed E-state index contributed by atoms with van der Waals surface area (Å²) in [5.74, 6) is -2.30. The quantitative estimate of drug-likeness (QED) is 0.810. The van der Waals surface area contributed by atoms with Crippen molar-refractivity contribution in [2.45, 2.75) is 13.3 Å². The number of hydrogen-bond donors (Lipinski definition) is 2. The highest BCUT2D eigenvalue weighted by Crippen LogP contribution is 2.12. The van der Waals surface area contributed by atoms with Crippen LogP contribution in [0.4, 0.5) is 5.69 Å². The van der Waals surface area contributed by atoms with Gasteiger partial charge in [-0.05, 0) is 24.1 Å². The number of carbonyl (C=O) groups is 1. The molecule has 1 aromatic rings. The molecule has 0 atom stereocenters. The number of aryl methyl sites for hydroxylation is 1. The van der Waals surface area contributed by atoms with Crippen LogP contribution in [0.1, 0.15) is 12.5 Å². The van der Waals surface area contributed by atoms with E-state index >= 15 is 0 Å². The lowest BCUT2D eigenvalue weighted by atomic mass is 10.1. The van der Waals surface area contributed by atoms with Crippen molar-refractivity contribution in [3.8, 4) is 0 Å². The lowest BCUT2D eigenvalue weighted by Gasteiger charge is -2.07. The molecule has 2 N–H and O–H groups in total. The summed E-state index contributed by atoms with van der Waals surface area (Å²) in [5, 5.41) is 8.41. The molecule has 0 aliphatic rings. The number of benzene rings is 1. The van der Waals surface area contributed by atoms with Crippen molar-refractivity contribution < 1.29 is 18.3 Å². The highest BCUT2D eigenvalue weighted by atomic mass is 32.2. The van der Waals surface area contributed by atoms with Crippen molar-refractivity contribution in [2.75, 3.05) is 10.5 Å². The highest BCUT2D eigenvalue weighted by Gasteiger charge is 2.15. The summed E-state index contributed by atoms with van der Waals surface area (Å²) in [7, 11) is -3.81. The summed E-state index contributed by atoms with van der Waals surface area (Å²) >= 11 is 0. The Balaban J connectivity index is 2.83. The third kappa shape index (κ3) is 3.90. The lowest BCUT2D eigenvalue weighted by molar-refractivity contribution is -0.134. The minimum atomic E-state index is -3.81. The van der Waals surface area contributed by atoms with Crippen LogP contribution in [0.5, 0.6) is 0 Å². The zero-order valence-electron chi connectivity index (χ0n) is 8.80. The van der Waals surface area contributed by atoms with Gasteiger partial charge in [-0.2, -0.15) is 0 Å². The number of rotatable bonds is 5. The fourth-order valence-electron chi connectivity index (χ4n) is 1.23. The van der Waals surface area contributed by atoms with Gasteiger partial charge in [0, 0.05) is 5.69 Å². The highest BCUT2D eigenvalue weighted by molar-refractivity contribution is 7.93. The summed E-state index contributed by atoms with van der Waals surface area (Å²) in [6, 6.07) is 6.85. The van der Waals surface area contributed by atoms with Crippen LogP contribution in [0.2, 0.25) is 0 Å². The van der Waals surface area contributed by atoms with E-state index in [0.717, 1.165) is 12.0 Å². The summed E-state index contributed by atoms with van der Waals surface area (Å²) in [6.07, 6.45) is 0.786. The van der Waals surface area contributed by atoms with E-state index < -0.39 is 21.7 Å². The van der Waals surface area contributed by atoms with E-state index in [2.05, 4.69) is 4.72 Å². The van der Waals surface area contributed by atoms with Gasteiger partial charge >= 0.3 is 5.97 Å². The molecule has 0 aliphatic carbocycles. The van der Waals surface area contributed by atoms with Gasteiger partial charge in [0.15, 0.2) is 5.75 Å². The topological polar surface area (TPSA) is 83.5 Å². The molecule has 0 amide bonds. The molecule has 0 aromatic heterocycles. The zero-order valence-corrected chi connectivity index (χ0v) is 9.62. The van der Waals surface area contributed by atoms with Gasteiger partial charge in [0.2, 0.25) is 10.0 Å². The van der Waals surface area contributed by atoms with Crippen molar-refractivity contribution in [2.24, 2.45) is 0 Å². The molecule has 6 heteroatoms. The maximum atomic E-state index is 11.3. The molecule has 1 aromatic carbocycles. The first-order valence-electron chi connectivity index (χ1n) is 4.74. The number of aliphatic carboxylic acids is 1. The van der Waals surface area contributed by atoms with Crippen LogP contribution in [0.25, 0.3) is 0 Å². The van der Waals surface area contributed by atoms with Gasteiger partial charge in [-0.3, -0.25) is 9.52 Å². The minimum Gasteiger partial charge on any atom is -0.480 e. The Labute approximate surface area is 94.2 Å². The van der Waals surface area contributed by atoms with Gasteiger partial charge in [0.25, 0.3) is 0 Å². The molecular formula is C10H13NO4S. The third-order valence-electron chi connectivity index (χ3n) is 1.92. The molecule has 1 rings (SSSR count). The molecule has 0 radical (unpaired) electrons. The number of anilines is 1. The van der Waals surface area contributed by atoms with Gasteiger partial charge in [-0.25, -0.2) is 8.42 Å². The second-order valence-corrected chi connectivity index (χ2v) is 5.03. The Morgan fingerprint density at radius 3 is 2.69 bits per heavy atom. The molecular weight excluding hydrogens is 230 g/mol. The van der Waals surface area contributed by atoms with Crippen LogP contribution < -0.4 is 4.72 Å². The normalized spacial score (nSPS) is 11.1. The van der Waals surface area contributed by atoms with Gasteiger partial charge in [-0.1, -0.05) is 19.1 Å². The summed E-state index contributed by atoms with van der Waals surface area (Å²) in [6.45, 7) is 1.95. The predicted molar refractivity (Wildman–Crippen MR) is 60.9 cm³/mol. The molecule has 0 fully saturated rings. The number of sulfonamides is 1. The van der Waals surface area contributed by atoms with Crippen molar-refractivity contribution in [1.29, 1.82) is 0 Å². The monoisotopic (exact) mass is 243 g/mol. The standard InChI is InChI=1S/C10H13NO4S/c1-2-8-4-3-5-9(6-8)11-16(14,15)7-10(12)13/h3-6,11H,2,7H2,1H3,(H,12,13). The molecule has 0 saturated heterocycles. The Bertz CT molecular complexity index is 481. The van der Waals surface area contributed by atoms with E-state index in [9.17, 15) is 13.2 Å².